The van der Waals surface area contributed by atoms with Crippen molar-refractivity contribution in [2.45, 2.75) is 18.8 Å². The van der Waals surface area contributed by atoms with Crippen LogP contribution in [0.1, 0.15) is 29.2 Å². The first-order valence-corrected chi connectivity index (χ1v) is 13.6. The van der Waals surface area contributed by atoms with E-state index in [9.17, 15) is 4.79 Å². The molecule has 0 radical (unpaired) electrons. The van der Waals surface area contributed by atoms with E-state index in [0.717, 1.165) is 33.7 Å². The molecule has 0 aromatic heterocycles. The number of nitrogens with zero attached hydrogens (tertiary/aromatic N) is 4. The predicted octanol–water partition coefficient (Wildman–Crippen LogP) is 7.84. The fourth-order valence-corrected chi connectivity index (χ4v) is 6.48. The molecule has 0 saturated carbocycles. The maximum atomic E-state index is 12.8. The van der Waals surface area contributed by atoms with Gasteiger partial charge in [0.05, 0.1) is 22.1 Å². The number of hydrogen-bond acceptors (Lipinski definition) is 6. The molecule has 1 spiro atoms. The number of rotatable bonds is 4. The fraction of sp³-hybridized carbons (Fsp3) is 0.100. The number of para-hydroxylation sites is 1. The van der Waals surface area contributed by atoms with Crippen molar-refractivity contribution in [3.63, 3.8) is 0 Å². The van der Waals surface area contributed by atoms with Gasteiger partial charge in [-0.3, -0.25) is 4.79 Å². The van der Waals surface area contributed by atoms with Crippen molar-refractivity contribution in [3.05, 3.63) is 129 Å². The van der Waals surface area contributed by atoms with Gasteiger partial charge in [-0.2, -0.15) is 10.2 Å². The Labute approximate surface area is 235 Å². The lowest BCUT2D eigenvalue weighted by atomic mass is 9.93. The highest BCUT2D eigenvalue weighted by atomic mass is 35.5. The van der Waals surface area contributed by atoms with Gasteiger partial charge in [-0.25, -0.2) is 10.0 Å². The van der Waals surface area contributed by atoms with Crippen LogP contribution in [0, 0.1) is 6.92 Å². The normalized spacial score (nSPS) is 18.3. The molecule has 0 bridgehead atoms. The van der Waals surface area contributed by atoms with Crippen LogP contribution in [0.3, 0.4) is 0 Å². The smallest absolute Gasteiger partial charge is 0.234 e. The summed E-state index contributed by atoms with van der Waals surface area (Å²) in [6, 6.07) is 31.8. The standard InChI is InChI=1S/C30H22Cl2N4OS/c1-19-25(31)17-18-26(27(19)32)36-30(38-29(34-36)20(2)37)24-16-10-9-15-23(24)28(21-11-5-3-6-12-21)33-35(30)22-13-7-4-8-14-22/h3-18H,1-2H3/t30-/m1/s1. The lowest BCUT2D eigenvalue weighted by molar-refractivity contribution is -0.110. The summed E-state index contributed by atoms with van der Waals surface area (Å²) in [6.45, 7) is 3.40. The van der Waals surface area contributed by atoms with Gasteiger partial charge in [0.1, 0.15) is 0 Å². The summed E-state index contributed by atoms with van der Waals surface area (Å²) in [5.41, 5.74) is 5.91. The zero-order valence-corrected chi connectivity index (χ0v) is 22.9. The molecule has 0 saturated heterocycles. The van der Waals surface area contributed by atoms with Gasteiger partial charge < -0.3 is 0 Å². The fourth-order valence-electron chi connectivity index (χ4n) is 4.75. The SMILES string of the molecule is CC(=O)C1=NN(c2ccc(Cl)c(C)c2Cl)[C@@]2(S1)c1ccccc1C(c1ccccc1)=NN2c1ccccc1. The van der Waals surface area contributed by atoms with Crippen molar-refractivity contribution in [1.29, 1.82) is 0 Å². The second-order valence-electron chi connectivity index (χ2n) is 9.00. The summed E-state index contributed by atoms with van der Waals surface area (Å²) in [6.07, 6.45) is 0. The van der Waals surface area contributed by atoms with E-state index in [1.165, 1.54) is 18.7 Å². The minimum absolute atomic E-state index is 0.137. The van der Waals surface area contributed by atoms with Crippen LogP contribution < -0.4 is 10.0 Å². The third-order valence-corrected chi connectivity index (χ3v) is 8.91. The third kappa shape index (κ3) is 3.83. The highest BCUT2D eigenvalue weighted by Crippen LogP contribution is 2.56. The molecule has 2 aliphatic heterocycles. The molecule has 0 N–H and O–H groups in total. The largest absolute Gasteiger partial charge is 0.292 e. The van der Waals surface area contributed by atoms with E-state index in [1.807, 2.05) is 95.8 Å². The second-order valence-corrected chi connectivity index (χ2v) is 10.9. The summed E-state index contributed by atoms with van der Waals surface area (Å²) in [7, 11) is 0. The Morgan fingerprint density at radius 2 is 1.47 bits per heavy atom. The van der Waals surface area contributed by atoms with Crippen molar-refractivity contribution in [2.75, 3.05) is 10.0 Å². The Morgan fingerprint density at radius 3 is 2.18 bits per heavy atom. The lowest BCUT2D eigenvalue weighted by Gasteiger charge is -2.47. The van der Waals surface area contributed by atoms with Crippen LogP contribution in [0.2, 0.25) is 10.0 Å². The van der Waals surface area contributed by atoms with Gasteiger partial charge in [0, 0.05) is 28.6 Å². The molecule has 188 valence electrons. The Hall–Kier alpha value is -3.58. The van der Waals surface area contributed by atoms with Crippen molar-refractivity contribution in [2.24, 2.45) is 10.2 Å². The molecule has 38 heavy (non-hydrogen) atoms. The lowest BCUT2D eigenvalue weighted by Crippen LogP contribution is -2.54. The minimum Gasteiger partial charge on any atom is -0.292 e. The molecule has 4 aromatic rings. The van der Waals surface area contributed by atoms with E-state index in [2.05, 4.69) is 12.1 Å². The Morgan fingerprint density at radius 1 is 0.816 bits per heavy atom. The van der Waals surface area contributed by atoms with Gasteiger partial charge in [-0.05, 0) is 48.5 Å². The molecule has 4 aromatic carbocycles. The number of fused-ring (bicyclic) bond motifs is 2. The van der Waals surface area contributed by atoms with Crippen molar-refractivity contribution >= 4 is 62.9 Å². The van der Waals surface area contributed by atoms with E-state index in [-0.39, 0.29) is 5.78 Å². The van der Waals surface area contributed by atoms with E-state index >= 15 is 0 Å². The monoisotopic (exact) mass is 556 g/mol. The molecule has 6 rings (SSSR count). The number of hydrazone groups is 2. The quantitative estimate of drug-likeness (QED) is 0.257. The van der Waals surface area contributed by atoms with Crippen molar-refractivity contribution in [3.8, 4) is 0 Å². The third-order valence-electron chi connectivity index (χ3n) is 6.61. The number of ketones is 1. The zero-order valence-electron chi connectivity index (χ0n) is 20.6. The number of hydrogen-bond donors (Lipinski definition) is 0. The molecular formula is C30H22Cl2N4OS. The van der Waals surface area contributed by atoms with Crippen LogP contribution in [-0.2, 0) is 9.79 Å². The van der Waals surface area contributed by atoms with E-state index in [1.54, 1.807) is 6.07 Å². The minimum atomic E-state index is -1.07. The molecule has 2 aliphatic rings. The maximum absolute atomic E-state index is 12.8. The van der Waals surface area contributed by atoms with E-state index < -0.39 is 4.99 Å². The van der Waals surface area contributed by atoms with E-state index in [0.29, 0.717) is 20.8 Å². The summed E-state index contributed by atoms with van der Waals surface area (Å²) in [5, 5.41) is 15.3. The molecule has 0 amide bonds. The first-order chi connectivity index (χ1) is 18.4. The van der Waals surface area contributed by atoms with Gasteiger partial charge in [-0.1, -0.05) is 96.0 Å². The maximum Gasteiger partial charge on any atom is 0.234 e. The van der Waals surface area contributed by atoms with Crippen molar-refractivity contribution < 1.29 is 4.79 Å². The number of anilines is 2. The zero-order chi connectivity index (χ0) is 26.4. The van der Waals surface area contributed by atoms with Gasteiger partial charge >= 0.3 is 0 Å². The van der Waals surface area contributed by atoms with Gasteiger partial charge in [0.15, 0.2) is 10.8 Å². The summed E-state index contributed by atoms with van der Waals surface area (Å²) in [5.74, 6) is -0.137. The average Bonchev–Trinajstić information content (AvgIpc) is 3.34. The van der Waals surface area contributed by atoms with Crippen LogP contribution in [0.5, 0.6) is 0 Å². The molecule has 0 fully saturated rings. The predicted molar refractivity (Wildman–Crippen MR) is 159 cm³/mol. The van der Waals surface area contributed by atoms with E-state index in [4.69, 9.17) is 33.4 Å². The Bertz CT molecular complexity index is 1620. The average molecular weight is 558 g/mol. The first kappa shape index (κ1) is 24.7. The topological polar surface area (TPSA) is 48.3 Å². The number of carbonyl (C=O) groups excluding carboxylic acids is 1. The molecular weight excluding hydrogens is 535 g/mol. The molecule has 8 heteroatoms. The highest BCUT2D eigenvalue weighted by Gasteiger charge is 2.56. The highest BCUT2D eigenvalue weighted by molar-refractivity contribution is 8.17. The molecule has 2 heterocycles. The van der Waals surface area contributed by atoms with Crippen LogP contribution in [0.15, 0.2) is 107 Å². The van der Waals surface area contributed by atoms with Gasteiger partial charge in [0.2, 0.25) is 4.99 Å². The number of Topliss-reactive ketones (excluding diaryl/α,β-unsaturated/α-hetero) is 1. The molecule has 0 unspecified atom stereocenters. The number of thioether (sulfide) groups is 1. The van der Waals surface area contributed by atoms with Crippen LogP contribution >= 0.6 is 35.0 Å². The molecule has 5 nitrogen and oxygen atoms in total. The summed E-state index contributed by atoms with van der Waals surface area (Å²) < 4.78 is 0. The first-order valence-electron chi connectivity index (χ1n) is 12.0. The Kier molecular flexibility index (Phi) is 6.26. The summed E-state index contributed by atoms with van der Waals surface area (Å²) >= 11 is 14.7. The van der Waals surface area contributed by atoms with Gasteiger partial charge in [-0.15, -0.1) is 0 Å². The van der Waals surface area contributed by atoms with Crippen LogP contribution in [0.25, 0.3) is 0 Å². The summed E-state index contributed by atoms with van der Waals surface area (Å²) in [4.78, 5) is 11.7. The van der Waals surface area contributed by atoms with Crippen LogP contribution in [-0.4, -0.2) is 16.5 Å². The molecule has 0 aliphatic carbocycles. The second kappa shape index (κ2) is 9.62. The number of benzene rings is 4. The van der Waals surface area contributed by atoms with Crippen molar-refractivity contribution in [1.82, 2.24) is 0 Å². The molecule has 1 atom stereocenters. The number of carbonyl (C=O) groups is 1. The Balaban J connectivity index is 1.69. The van der Waals surface area contributed by atoms with Crippen LogP contribution in [0.4, 0.5) is 11.4 Å². The van der Waals surface area contributed by atoms with Gasteiger partial charge in [0.25, 0.3) is 0 Å². The number of halogens is 2.